The first-order chi connectivity index (χ1) is 21.7. The fourth-order valence-electron chi connectivity index (χ4n) is 6.06. The van der Waals surface area contributed by atoms with Gasteiger partial charge in [0.05, 0.1) is 18.2 Å². The minimum absolute atomic E-state index is 0.633. The second kappa shape index (κ2) is 11.6. The van der Waals surface area contributed by atoms with Crippen LogP contribution in [0.15, 0.2) is 146 Å². The van der Waals surface area contributed by atoms with Crippen molar-refractivity contribution in [3.05, 3.63) is 174 Å². The molecule has 0 aromatic heterocycles. The van der Waals surface area contributed by atoms with Gasteiger partial charge in [0.1, 0.15) is 0 Å². The van der Waals surface area contributed by atoms with E-state index in [2.05, 4.69) is 106 Å². The molecule has 208 valence electrons. The standard InChI is InChI=1S/C40H28N4/c1-42-32-16-20-36(21-17-32)44(34-10-6-3-7-11-34)38-23-25-40-31(27-38)15-14-30-26-37(22-24-39(30)40)43(33-8-4-2-5-9-33)35-18-12-29(28-41)13-19-35/h2-13,16-27H,14-15H2. The molecule has 4 heteroatoms. The lowest BCUT2D eigenvalue weighted by Gasteiger charge is -2.29. The molecule has 0 aliphatic heterocycles. The average Bonchev–Trinajstić information content (AvgIpc) is 3.10. The first-order valence-corrected chi connectivity index (χ1v) is 14.7. The summed E-state index contributed by atoms with van der Waals surface area (Å²) in [6.07, 6.45) is 1.89. The summed E-state index contributed by atoms with van der Waals surface area (Å²) in [4.78, 5) is 8.07. The lowest BCUT2D eigenvalue weighted by molar-refractivity contribution is 0.940. The van der Waals surface area contributed by atoms with Crippen molar-refractivity contribution < 1.29 is 0 Å². The average molecular weight is 565 g/mol. The summed E-state index contributed by atoms with van der Waals surface area (Å²) in [7, 11) is 0. The van der Waals surface area contributed by atoms with E-state index in [9.17, 15) is 5.26 Å². The van der Waals surface area contributed by atoms with Crippen LogP contribution in [-0.4, -0.2) is 0 Å². The summed E-state index contributed by atoms with van der Waals surface area (Å²) in [5, 5.41) is 9.32. The van der Waals surface area contributed by atoms with E-state index < -0.39 is 0 Å². The van der Waals surface area contributed by atoms with Crippen LogP contribution in [0.2, 0.25) is 0 Å². The van der Waals surface area contributed by atoms with E-state index in [1.54, 1.807) is 0 Å². The van der Waals surface area contributed by atoms with E-state index in [1.807, 2.05) is 60.7 Å². The molecule has 0 radical (unpaired) electrons. The third-order valence-corrected chi connectivity index (χ3v) is 8.17. The Labute approximate surface area is 258 Å². The van der Waals surface area contributed by atoms with Gasteiger partial charge < -0.3 is 9.80 Å². The molecule has 1 aliphatic rings. The van der Waals surface area contributed by atoms with Crippen molar-refractivity contribution in [1.82, 2.24) is 0 Å². The predicted molar refractivity (Wildman–Crippen MR) is 180 cm³/mol. The van der Waals surface area contributed by atoms with E-state index in [-0.39, 0.29) is 0 Å². The van der Waals surface area contributed by atoms with Crippen LogP contribution in [-0.2, 0) is 12.8 Å². The number of rotatable bonds is 6. The van der Waals surface area contributed by atoms with Gasteiger partial charge in [0.2, 0.25) is 0 Å². The molecule has 0 saturated carbocycles. The highest BCUT2D eigenvalue weighted by Gasteiger charge is 2.21. The van der Waals surface area contributed by atoms with Gasteiger partial charge in [-0.15, -0.1) is 0 Å². The quantitative estimate of drug-likeness (QED) is 0.189. The summed E-state index contributed by atoms with van der Waals surface area (Å²) in [6, 6.07) is 52.0. The van der Waals surface area contributed by atoms with Gasteiger partial charge >= 0.3 is 0 Å². The molecular weight excluding hydrogens is 536 g/mol. The van der Waals surface area contributed by atoms with Gasteiger partial charge in [-0.25, -0.2) is 4.85 Å². The molecule has 44 heavy (non-hydrogen) atoms. The molecular formula is C40H28N4. The number of para-hydroxylation sites is 2. The molecule has 0 unspecified atom stereocenters. The number of aryl methyl sites for hydroxylation is 2. The number of anilines is 6. The molecule has 0 N–H and O–H groups in total. The molecule has 4 nitrogen and oxygen atoms in total. The van der Waals surface area contributed by atoms with Gasteiger partial charge in [0.25, 0.3) is 0 Å². The van der Waals surface area contributed by atoms with Crippen molar-refractivity contribution in [2.75, 3.05) is 9.80 Å². The molecule has 1 aliphatic carbocycles. The van der Waals surface area contributed by atoms with Crippen molar-refractivity contribution in [2.45, 2.75) is 12.8 Å². The zero-order valence-corrected chi connectivity index (χ0v) is 24.1. The fraction of sp³-hybridized carbons (Fsp3) is 0.0500. The molecule has 0 atom stereocenters. The lowest BCUT2D eigenvalue weighted by Crippen LogP contribution is -2.13. The third kappa shape index (κ3) is 5.07. The maximum atomic E-state index is 9.32. The van der Waals surface area contributed by atoms with Crippen LogP contribution < -0.4 is 9.80 Å². The van der Waals surface area contributed by atoms with Crippen LogP contribution in [0.25, 0.3) is 16.0 Å². The Morgan fingerprint density at radius 2 is 0.909 bits per heavy atom. The van der Waals surface area contributed by atoms with Gasteiger partial charge in [0, 0.05) is 34.1 Å². The molecule has 6 aromatic carbocycles. The Balaban J connectivity index is 1.27. The summed E-state index contributed by atoms with van der Waals surface area (Å²) in [6.45, 7) is 7.35. The molecule has 6 aromatic rings. The van der Waals surface area contributed by atoms with Crippen LogP contribution in [0.3, 0.4) is 0 Å². The molecule has 0 saturated heterocycles. The number of nitrogens with zero attached hydrogens (tertiary/aromatic N) is 4. The summed E-state index contributed by atoms with van der Waals surface area (Å²) in [5.41, 5.74) is 12.8. The Bertz CT molecular complexity index is 1870. The zero-order valence-electron chi connectivity index (χ0n) is 24.1. The van der Waals surface area contributed by atoms with Crippen LogP contribution in [0.5, 0.6) is 0 Å². The van der Waals surface area contributed by atoms with Crippen molar-refractivity contribution in [3.63, 3.8) is 0 Å². The Morgan fingerprint density at radius 1 is 0.500 bits per heavy atom. The topological polar surface area (TPSA) is 34.6 Å². The van der Waals surface area contributed by atoms with Crippen LogP contribution in [0.1, 0.15) is 16.7 Å². The highest BCUT2D eigenvalue weighted by Crippen LogP contribution is 2.43. The van der Waals surface area contributed by atoms with Gasteiger partial charge in [0.15, 0.2) is 5.69 Å². The molecule has 0 spiro atoms. The first kappa shape index (κ1) is 26.8. The monoisotopic (exact) mass is 564 g/mol. The molecule has 7 rings (SSSR count). The maximum Gasteiger partial charge on any atom is 0.187 e. The minimum Gasteiger partial charge on any atom is -0.311 e. The van der Waals surface area contributed by atoms with Crippen molar-refractivity contribution in [2.24, 2.45) is 0 Å². The van der Waals surface area contributed by atoms with Crippen molar-refractivity contribution >= 4 is 39.8 Å². The number of hydrogen-bond acceptors (Lipinski definition) is 3. The first-order valence-electron chi connectivity index (χ1n) is 14.7. The summed E-state index contributed by atoms with van der Waals surface area (Å²) >= 11 is 0. The molecule has 0 fully saturated rings. The molecule has 0 amide bonds. The number of nitriles is 1. The maximum absolute atomic E-state index is 9.32. The smallest absolute Gasteiger partial charge is 0.187 e. The Kier molecular flexibility index (Phi) is 7.09. The predicted octanol–water partition coefficient (Wildman–Crippen LogP) is 10.8. The third-order valence-electron chi connectivity index (χ3n) is 8.17. The Hall–Kier alpha value is -6.10. The number of fused-ring (bicyclic) bond motifs is 3. The minimum atomic E-state index is 0.633. The highest BCUT2D eigenvalue weighted by atomic mass is 15.1. The molecule has 0 heterocycles. The van der Waals surface area contributed by atoms with Gasteiger partial charge in [-0.2, -0.15) is 5.26 Å². The largest absolute Gasteiger partial charge is 0.311 e. The van der Waals surface area contributed by atoms with Crippen LogP contribution >= 0.6 is 0 Å². The van der Waals surface area contributed by atoms with Gasteiger partial charge in [-0.3, -0.25) is 0 Å². The lowest BCUT2D eigenvalue weighted by atomic mass is 9.85. The SMILES string of the molecule is [C-]#[N+]c1ccc(N(c2ccccc2)c2ccc3c(c2)CCc2cc(N(c4ccccc4)c4ccc(C#N)cc4)ccc2-3)cc1. The number of hydrogen-bond donors (Lipinski definition) is 0. The highest BCUT2D eigenvalue weighted by molar-refractivity contribution is 5.84. The summed E-state index contributed by atoms with van der Waals surface area (Å²) in [5.74, 6) is 0. The normalized spacial score (nSPS) is 11.4. The van der Waals surface area contributed by atoms with Crippen LogP contribution in [0.4, 0.5) is 39.8 Å². The molecule has 0 bridgehead atoms. The summed E-state index contributed by atoms with van der Waals surface area (Å²) < 4.78 is 0. The van der Waals surface area contributed by atoms with Crippen LogP contribution in [0, 0.1) is 17.9 Å². The van der Waals surface area contributed by atoms with E-state index in [0.29, 0.717) is 11.3 Å². The van der Waals surface area contributed by atoms with E-state index in [4.69, 9.17) is 6.57 Å². The zero-order chi connectivity index (χ0) is 29.9. The van der Waals surface area contributed by atoms with Crippen molar-refractivity contribution in [1.29, 1.82) is 5.26 Å². The van der Waals surface area contributed by atoms with Gasteiger partial charge in [-0.05, 0) is 120 Å². The van der Waals surface area contributed by atoms with E-state index >= 15 is 0 Å². The van der Waals surface area contributed by atoms with E-state index in [0.717, 1.165) is 47.0 Å². The van der Waals surface area contributed by atoms with E-state index in [1.165, 1.54) is 22.3 Å². The van der Waals surface area contributed by atoms with Gasteiger partial charge in [-0.1, -0.05) is 60.7 Å². The van der Waals surface area contributed by atoms with Crippen molar-refractivity contribution in [3.8, 4) is 17.2 Å². The number of benzene rings is 6. The second-order valence-electron chi connectivity index (χ2n) is 10.8. The second-order valence-corrected chi connectivity index (χ2v) is 10.8. The fourth-order valence-corrected chi connectivity index (χ4v) is 6.06. The Morgan fingerprint density at radius 3 is 1.34 bits per heavy atom.